The lowest BCUT2D eigenvalue weighted by Crippen LogP contribution is -2.24. The molecule has 0 spiro atoms. The van der Waals surface area contributed by atoms with E-state index in [-0.39, 0.29) is 37.9 Å². The first-order valence-electron chi connectivity index (χ1n) is 10.5. The van der Waals surface area contributed by atoms with Gasteiger partial charge in [0.05, 0.1) is 19.3 Å². The molecule has 1 atom stereocenters. The zero-order chi connectivity index (χ0) is 23.5. The fraction of sp³-hybridized carbons (Fsp3) is 0.591. The maximum atomic E-state index is 11.5. The molecule has 1 aromatic carbocycles. The lowest BCUT2D eigenvalue weighted by Gasteiger charge is -2.14. The Labute approximate surface area is 184 Å². The molecule has 0 bridgehead atoms. The van der Waals surface area contributed by atoms with E-state index in [1.54, 1.807) is 32.0 Å². The topological polar surface area (TPSA) is 140 Å². The molecule has 9 nitrogen and oxygen atoms in total. The molecule has 4 N–H and O–H groups in total. The zero-order valence-corrected chi connectivity index (χ0v) is 18.8. The van der Waals surface area contributed by atoms with Crippen LogP contribution in [-0.4, -0.2) is 57.2 Å². The Bertz CT molecular complexity index is 649. The van der Waals surface area contributed by atoms with Crippen LogP contribution in [0.3, 0.4) is 0 Å². The Hall–Kier alpha value is -2.65. The normalized spacial score (nSPS) is 10.9. The van der Waals surface area contributed by atoms with Gasteiger partial charge in [-0.05, 0) is 50.9 Å². The van der Waals surface area contributed by atoms with Crippen LogP contribution >= 0.6 is 0 Å². The van der Waals surface area contributed by atoms with Gasteiger partial charge in [-0.15, -0.1) is 0 Å². The molecular weight excluding hydrogens is 404 g/mol. The van der Waals surface area contributed by atoms with E-state index in [0.29, 0.717) is 12.7 Å². The summed E-state index contributed by atoms with van der Waals surface area (Å²) in [5, 5.41) is 0. The first-order chi connectivity index (χ1) is 14.9. The van der Waals surface area contributed by atoms with Gasteiger partial charge in [-0.25, -0.2) is 9.59 Å². The standard InChI is InChI=1S/C17H23NO7.C5H13N/c1-3-22-16(20)10-24-14-6-5-12(7-13(18)9-19)8-15(14)25-11-17(21)23-4-2;1-2-3-4-5-6/h5-6,8-9,13H,3-4,7,10-11,18H2,1-2H3;2-6H2,1H3. The van der Waals surface area contributed by atoms with Crippen LogP contribution in [0.25, 0.3) is 0 Å². The maximum absolute atomic E-state index is 11.5. The average molecular weight is 441 g/mol. The van der Waals surface area contributed by atoms with E-state index in [1.807, 2.05) is 0 Å². The monoisotopic (exact) mass is 440 g/mol. The minimum atomic E-state index is -0.649. The molecule has 0 aliphatic heterocycles. The van der Waals surface area contributed by atoms with Crippen LogP contribution in [0.15, 0.2) is 18.2 Å². The van der Waals surface area contributed by atoms with Crippen molar-refractivity contribution in [3.8, 4) is 11.5 Å². The number of nitrogens with two attached hydrogens (primary N) is 2. The summed E-state index contributed by atoms with van der Waals surface area (Å²) in [7, 11) is 0. The zero-order valence-electron chi connectivity index (χ0n) is 18.8. The second kappa shape index (κ2) is 18.1. The molecule has 1 rings (SSSR count). The predicted octanol–water partition coefficient (Wildman–Crippen LogP) is 1.77. The number of ether oxygens (including phenoxy) is 4. The number of aldehydes is 1. The molecule has 0 saturated carbocycles. The number of benzene rings is 1. The van der Waals surface area contributed by atoms with Gasteiger partial charge >= 0.3 is 11.9 Å². The van der Waals surface area contributed by atoms with Crippen molar-refractivity contribution < 1.29 is 33.3 Å². The first-order valence-corrected chi connectivity index (χ1v) is 10.5. The van der Waals surface area contributed by atoms with Crippen LogP contribution in [0.2, 0.25) is 0 Å². The van der Waals surface area contributed by atoms with Gasteiger partial charge in [-0.1, -0.05) is 25.8 Å². The SMILES string of the molecule is CCCCCN.CCOC(=O)COc1ccc(CC(N)C=O)cc1OCC(=O)OCC. The molecule has 0 aromatic heterocycles. The summed E-state index contributed by atoms with van der Waals surface area (Å²) in [6.45, 7) is 6.29. The van der Waals surface area contributed by atoms with Crippen molar-refractivity contribution in [2.24, 2.45) is 11.5 Å². The molecular formula is C22H36N2O7. The molecule has 9 heteroatoms. The number of carbonyl (C=O) groups is 3. The Balaban J connectivity index is 0.00000131. The molecule has 31 heavy (non-hydrogen) atoms. The quantitative estimate of drug-likeness (QED) is 0.251. The number of hydrogen-bond donors (Lipinski definition) is 2. The van der Waals surface area contributed by atoms with Gasteiger partial charge in [0.25, 0.3) is 0 Å². The number of esters is 2. The summed E-state index contributed by atoms with van der Waals surface area (Å²) in [6, 6.07) is 4.22. The van der Waals surface area contributed by atoms with E-state index in [0.717, 1.165) is 12.1 Å². The van der Waals surface area contributed by atoms with E-state index in [9.17, 15) is 14.4 Å². The van der Waals surface area contributed by atoms with Crippen molar-refractivity contribution in [2.45, 2.75) is 52.5 Å². The maximum Gasteiger partial charge on any atom is 0.344 e. The summed E-state index contributed by atoms with van der Waals surface area (Å²) in [6.07, 6.45) is 4.70. The molecule has 1 aromatic rings. The predicted molar refractivity (Wildman–Crippen MR) is 117 cm³/mol. The lowest BCUT2D eigenvalue weighted by molar-refractivity contribution is -0.146. The van der Waals surface area contributed by atoms with Crippen LogP contribution in [0.1, 0.15) is 45.6 Å². The summed E-state index contributed by atoms with van der Waals surface area (Å²) in [4.78, 5) is 33.6. The van der Waals surface area contributed by atoms with Gasteiger partial charge in [0.1, 0.15) is 6.29 Å². The Morgan fingerprint density at radius 3 is 2.00 bits per heavy atom. The van der Waals surface area contributed by atoms with Crippen molar-refractivity contribution in [1.82, 2.24) is 0 Å². The van der Waals surface area contributed by atoms with E-state index in [2.05, 4.69) is 6.92 Å². The van der Waals surface area contributed by atoms with E-state index < -0.39 is 18.0 Å². The molecule has 176 valence electrons. The highest BCUT2D eigenvalue weighted by Gasteiger charge is 2.13. The fourth-order valence-corrected chi connectivity index (χ4v) is 2.30. The van der Waals surface area contributed by atoms with Gasteiger partial charge in [0.2, 0.25) is 0 Å². The third kappa shape index (κ3) is 14.1. The largest absolute Gasteiger partial charge is 0.478 e. The van der Waals surface area contributed by atoms with Crippen molar-refractivity contribution in [1.29, 1.82) is 0 Å². The second-order valence-corrected chi connectivity index (χ2v) is 6.47. The van der Waals surface area contributed by atoms with Gasteiger partial charge in [-0.3, -0.25) is 0 Å². The molecule has 0 aliphatic carbocycles. The van der Waals surface area contributed by atoms with Crippen LogP contribution in [0, 0.1) is 0 Å². The average Bonchev–Trinajstić information content (AvgIpc) is 2.76. The lowest BCUT2D eigenvalue weighted by atomic mass is 10.1. The van der Waals surface area contributed by atoms with Crippen molar-refractivity contribution in [2.75, 3.05) is 33.0 Å². The van der Waals surface area contributed by atoms with Crippen LogP contribution in [0.4, 0.5) is 0 Å². The Morgan fingerprint density at radius 1 is 0.968 bits per heavy atom. The Kier molecular flexibility index (Phi) is 16.6. The molecule has 0 heterocycles. The highest BCUT2D eigenvalue weighted by molar-refractivity contribution is 5.72. The third-order valence-electron chi connectivity index (χ3n) is 3.76. The van der Waals surface area contributed by atoms with Gasteiger partial charge in [0.15, 0.2) is 24.7 Å². The third-order valence-corrected chi connectivity index (χ3v) is 3.76. The van der Waals surface area contributed by atoms with Gasteiger partial charge < -0.3 is 35.2 Å². The number of carbonyl (C=O) groups excluding carboxylic acids is 3. The molecule has 0 amide bonds. The van der Waals surface area contributed by atoms with Crippen LogP contribution in [0.5, 0.6) is 11.5 Å². The van der Waals surface area contributed by atoms with E-state index in [4.69, 9.17) is 30.4 Å². The van der Waals surface area contributed by atoms with Crippen molar-refractivity contribution in [3.63, 3.8) is 0 Å². The Morgan fingerprint density at radius 2 is 1.55 bits per heavy atom. The smallest absolute Gasteiger partial charge is 0.344 e. The van der Waals surface area contributed by atoms with Crippen LogP contribution < -0.4 is 20.9 Å². The van der Waals surface area contributed by atoms with Crippen LogP contribution in [-0.2, 0) is 30.3 Å². The fourth-order valence-electron chi connectivity index (χ4n) is 2.30. The summed E-state index contributed by atoms with van der Waals surface area (Å²) in [5.74, 6) is -0.548. The highest BCUT2D eigenvalue weighted by atomic mass is 16.6. The van der Waals surface area contributed by atoms with E-state index >= 15 is 0 Å². The van der Waals surface area contributed by atoms with Crippen molar-refractivity contribution in [3.05, 3.63) is 23.8 Å². The number of rotatable bonds is 14. The molecule has 1 unspecified atom stereocenters. The summed E-state index contributed by atoms with van der Waals surface area (Å²) < 4.78 is 20.4. The second-order valence-electron chi connectivity index (χ2n) is 6.47. The number of unbranched alkanes of at least 4 members (excludes halogenated alkanes) is 2. The molecule has 0 aliphatic rings. The number of hydrogen-bond acceptors (Lipinski definition) is 9. The molecule has 0 radical (unpaired) electrons. The van der Waals surface area contributed by atoms with Gasteiger partial charge in [-0.2, -0.15) is 0 Å². The van der Waals surface area contributed by atoms with Gasteiger partial charge in [0, 0.05) is 0 Å². The molecule has 0 fully saturated rings. The minimum absolute atomic E-state index is 0.239. The minimum Gasteiger partial charge on any atom is -0.478 e. The molecule has 0 saturated heterocycles. The van der Waals surface area contributed by atoms with E-state index in [1.165, 1.54) is 19.3 Å². The summed E-state index contributed by atoms with van der Waals surface area (Å²) >= 11 is 0. The summed E-state index contributed by atoms with van der Waals surface area (Å²) in [5.41, 5.74) is 11.5. The first kappa shape index (κ1) is 28.4. The van der Waals surface area contributed by atoms with Crippen molar-refractivity contribution >= 4 is 18.2 Å². The highest BCUT2D eigenvalue weighted by Crippen LogP contribution is 2.29.